The Labute approximate surface area is 103 Å². The Morgan fingerprint density at radius 2 is 2.12 bits per heavy atom. The maximum atomic E-state index is 11.6. The largest absolute Gasteiger partial charge is 0.333 e. The predicted molar refractivity (Wildman–Crippen MR) is 69.3 cm³/mol. The smallest absolute Gasteiger partial charge is 0.319 e. The van der Waals surface area contributed by atoms with Crippen LogP contribution in [-0.4, -0.2) is 21.2 Å². The fourth-order valence-electron chi connectivity index (χ4n) is 1.36. The van der Waals surface area contributed by atoms with Gasteiger partial charge in [-0.25, -0.2) is 4.79 Å². The van der Waals surface area contributed by atoms with Gasteiger partial charge in [0, 0.05) is 11.2 Å². The van der Waals surface area contributed by atoms with Crippen LogP contribution < -0.4 is 10.6 Å². The van der Waals surface area contributed by atoms with Crippen LogP contribution in [0.3, 0.4) is 0 Å². The number of urea groups is 1. The first kappa shape index (κ1) is 11.8. The molecule has 0 atom stereocenters. The summed E-state index contributed by atoms with van der Waals surface area (Å²) in [5.74, 6) is 0. The summed E-state index contributed by atoms with van der Waals surface area (Å²) < 4.78 is 4.85. The molecule has 0 aliphatic rings. The first-order chi connectivity index (χ1) is 7.94. The van der Waals surface area contributed by atoms with E-state index in [0.717, 1.165) is 10.2 Å². The fourth-order valence-corrected chi connectivity index (χ4v) is 1.90. The minimum atomic E-state index is -0.254. The van der Waals surface area contributed by atoms with Gasteiger partial charge in [0.15, 0.2) is 0 Å². The summed E-state index contributed by atoms with van der Waals surface area (Å²) in [6, 6.07) is 5.32. The van der Waals surface area contributed by atoms with Gasteiger partial charge in [0.05, 0.1) is 4.70 Å². The molecule has 90 valence electrons. The second-order valence-electron chi connectivity index (χ2n) is 4.78. The molecule has 0 fully saturated rings. The van der Waals surface area contributed by atoms with Crippen LogP contribution in [-0.2, 0) is 0 Å². The number of nitrogens with one attached hydrogen (secondary N) is 2. The highest BCUT2D eigenvalue weighted by atomic mass is 32.1. The molecule has 0 radical (unpaired) electrons. The summed E-state index contributed by atoms with van der Waals surface area (Å²) in [5.41, 5.74) is 1.26. The number of fused-ring (bicyclic) bond motifs is 1. The van der Waals surface area contributed by atoms with Crippen molar-refractivity contribution in [1.29, 1.82) is 0 Å². The van der Waals surface area contributed by atoms with E-state index in [9.17, 15) is 4.79 Å². The number of anilines is 1. The SMILES string of the molecule is CC(C)(C)NC(=O)Nc1ccc2snnc2c1. The van der Waals surface area contributed by atoms with Gasteiger partial charge in [-0.2, -0.15) is 0 Å². The van der Waals surface area contributed by atoms with Crippen LogP contribution in [0.25, 0.3) is 10.2 Å². The molecule has 17 heavy (non-hydrogen) atoms. The van der Waals surface area contributed by atoms with Gasteiger partial charge in [-0.15, -0.1) is 5.10 Å². The van der Waals surface area contributed by atoms with Crippen molar-refractivity contribution in [3.63, 3.8) is 0 Å². The molecule has 1 heterocycles. The average Bonchev–Trinajstić information content (AvgIpc) is 2.61. The number of rotatable bonds is 1. The fraction of sp³-hybridized carbons (Fsp3) is 0.364. The standard InChI is InChI=1S/C11H14N4OS/c1-11(2,3)13-10(16)12-7-4-5-9-8(6-7)14-15-17-9/h4-6H,1-3H3,(H2,12,13,16). The lowest BCUT2D eigenvalue weighted by atomic mass is 10.1. The van der Waals surface area contributed by atoms with Crippen LogP contribution >= 0.6 is 11.5 Å². The predicted octanol–water partition coefficient (Wildman–Crippen LogP) is 2.61. The van der Waals surface area contributed by atoms with Crippen LogP contribution in [0.2, 0.25) is 0 Å². The van der Waals surface area contributed by atoms with Crippen LogP contribution in [0.5, 0.6) is 0 Å². The highest BCUT2D eigenvalue weighted by Gasteiger charge is 2.13. The topological polar surface area (TPSA) is 66.9 Å². The number of benzene rings is 1. The summed E-state index contributed by atoms with van der Waals surface area (Å²) in [6.07, 6.45) is 0. The molecule has 2 amide bonds. The van der Waals surface area contributed by atoms with E-state index in [1.807, 2.05) is 32.9 Å². The lowest BCUT2D eigenvalue weighted by Gasteiger charge is -2.20. The molecule has 6 heteroatoms. The van der Waals surface area contributed by atoms with Gasteiger partial charge in [0.1, 0.15) is 5.52 Å². The van der Waals surface area contributed by atoms with Gasteiger partial charge in [-0.3, -0.25) is 0 Å². The Morgan fingerprint density at radius 3 is 2.82 bits per heavy atom. The lowest BCUT2D eigenvalue weighted by Crippen LogP contribution is -2.43. The van der Waals surface area contributed by atoms with E-state index in [4.69, 9.17) is 0 Å². The molecule has 5 nitrogen and oxygen atoms in total. The molecule has 0 bridgehead atoms. The summed E-state index contributed by atoms with van der Waals surface area (Å²) in [5, 5.41) is 9.55. The molecule has 0 unspecified atom stereocenters. The van der Waals surface area contributed by atoms with Crippen molar-refractivity contribution in [2.24, 2.45) is 0 Å². The van der Waals surface area contributed by atoms with Crippen LogP contribution in [0.1, 0.15) is 20.8 Å². The lowest BCUT2D eigenvalue weighted by molar-refractivity contribution is 0.244. The van der Waals surface area contributed by atoms with E-state index < -0.39 is 0 Å². The van der Waals surface area contributed by atoms with Crippen molar-refractivity contribution >= 4 is 33.5 Å². The summed E-state index contributed by atoms with van der Waals surface area (Å²) in [7, 11) is 0. The van der Waals surface area contributed by atoms with Gasteiger partial charge in [-0.1, -0.05) is 4.49 Å². The quantitative estimate of drug-likeness (QED) is 0.817. The van der Waals surface area contributed by atoms with Crippen molar-refractivity contribution in [2.75, 3.05) is 5.32 Å². The summed E-state index contributed by atoms with van der Waals surface area (Å²) in [6.45, 7) is 5.79. The number of amides is 2. The first-order valence-corrected chi connectivity index (χ1v) is 6.03. The molecule has 0 spiro atoms. The van der Waals surface area contributed by atoms with Gasteiger partial charge in [0.2, 0.25) is 0 Å². The Balaban J connectivity index is 2.10. The molecule has 1 aromatic carbocycles. The minimum absolute atomic E-state index is 0.222. The van der Waals surface area contributed by atoms with E-state index in [2.05, 4.69) is 20.2 Å². The monoisotopic (exact) mass is 250 g/mol. The van der Waals surface area contributed by atoms with Gasteiger partial charge >= 0.3 is 6.03 Å². The molecule has 0 aliphatic heterocycles. The molecule has 2 rings (SSSR count). The molecule has 1 aromatic heterocycles. The molecule has 0 saturated heterocycles. The average molecular weight is 250 g/mol. The molecular formula is C11H14N4OS. The third-order valence-corrected chi connectivity index (χ3v) is 2.70. The molecule has 2 aromatic rings. The van der Waals surface area contributed by atoms with E-state index >= 15 is 0 Å². The minimum Gasteiger partial charge on any atom is -0.333 e. The number of hydrogen-bond donors (Lipinski definition) is 2. The number of carbonyl (C=O) groups excluding carboxylic acids is 1. The Kier molecular flexibility index (Phi) is 2.97. The Morgan fingerprint density at radius 1 is 1.35 bits per heavy atom. The summed E-state index contributed by atoms with van der Waals surface area (Å²) in [4.78, 5) is 11.6. The normalized spacial score (nSPS) is 11.5. The number of nitrogens with zero attached hydrogens (tertiary/aromatic N) is 2. The van der Waals surface area contributed by atoms with Crippen molar-refractivity contribution in [3.05, 3.63) is 18.2 Å². The van der Waals surface area contributed by atoms with Gasteiger partial charge in [-0.05, 0) is 50.5 Å². The van der Waals surface area contributed by atoms with Crippen molar-refractivity contribution in [1.82, 2.24) is 14.9 Å². The van der Waals surface area contributed by atoms with Crippen LogP contribution in [0.4, 0.5) is 10.5 Å². The van der Waals surface area contributed by atoms with Crippen molar-refractivity contribution in [3.8, 4) is 0 Å². The van der Waals surface area contributed by atoms with E-state index in [1.54, 1.807) is 6.07 Å². The molecular weight excluding hydrogens is 236 g/mol. The van der Waals surface area contributed by atoms with E-state index in [1.165, 1.54) is 11.5 Å². The second kappa shape index (κ2) is 4.29. The van der Waals surface area contributed by atoms with E-state index in [-0.39, 0.29) is 11.6 Å². The maximum absolute atomic E-state index is 11.6. The van der Waals surface area contributed by atoms with Crippen molar-refractivity contribution in [2.45, 2.75) is 26.3 Å². The van der Waals surface area contributed by atoms with Crippen LogP contribution in [0, 0.1) is 0 Å². The zero-order chi connectivity index (χ0) is 12.5. The third-order valence-electron chi connectivity index (χ3n) is 1.99. The van der Waals surface area contributed by atoms with Gasteiger partial charge < -0.3 is 10.6 Å². The maximum Gasteiger partial charge on any atom is 0.319 e. The highest BCUT2D eigenvalue weighted by molar-refractivity contribution is 7.12. The van der Waals surface area contributed by atoms with Gasteiger partial charge in [0.25, 0.3) is 0 Å². The zero-order valence-electron chi connectivity index (χ0n) is 9.94. The number of hydrogen-bond acceptors (Lipinski definition) is 4. The number of aromatic nitrogens is 2. The Bertz CT molecular complexity index is 544. The van der Waals surface area contributed by atoms with Crippen LogP contribution in [0.15, 0.2) is 18.2 Å². The number of carbonyl (C=O) groups is 1. The second-order valence-corrected chi connectivity index (χ2v) is 5.57. The summed E-state index contributed by atoms with van der Waals surface area (Å²) >= 11 is 1.34. The highest BCUT2D eigenvalue weighted by Crippen LogP contribution is 2.19. The Hall–Kier alpha value is -1.69. The molecule has 0 aliphatic carbocycles. The van der Waals surface area contributed by atoms with Crippen molar-refractivity contribution < 1.29 is 4.79 Å². The molecule has 0 saturated carbocycles. The zero-order valence-corrected chi connectivity index (χ0v) is 10.8. The molecule has 2 N–H and O–H groups in total. The van der Waals surface area contributed by atoms with E-state index in [0.29, 0.717) is 5.69 Å². The third kappa shape index (κ3) is 3.13. The first-order valence-electron chi connectivity index (χ1n) is 5.25.